The molecule has 0 atom stereocenters. The van der Waals surface area contributed by atoms with Gasteiger partial charge in [0.05, 0.1) is 31.0 Å². The topological polar surface area (TPSA) is 41.6 Å². The fourth-order valence-corrected chi connectivity index (χ4v) is 2.84. The molecule has 23 heavy (non-hydrogen) atoms. The lowest BCUT2D eigenvalue weighted by molar-refractivity contribution is -0.115. The van der Waals surface area contributed by atoms with E-state index in [2.05, 4.69) is 10.2 Å². The highest BCUT2D eigenvalue weighted by Gasteiger charge is 2.16. The van der Waals surface area contributed by atoms with Gasteiger partial charge in [-0.15, -0.1) is 0 Å². The van der Waals surface area contributed by atoms with E-state index in [0.29, 0.717) is 24.7 Å². The average molecular weight is 331 g/mol. The Morgan fingerprint density at radius 2 is 1.87 bits per heavy atom. The van der Waals surface area contributed by atoms with Crippen molar-refractivity contribution in [1.82, 2.24) is 0 Å². The molecule has 1 heterocycles. The van der Waals surface area contributed by atoms with Crippen LogP contribution in [-0.2, 0) is 16.0 Å². The van der Waals surface area contributed by atoms with Gasteiger partial charge in [0.15, 0.2) is 0 Å². The fraction of sp³-hybridized carbons (Fsp3) is 0.278. The first kappa shape index (κ1) is 15.8. The summed E-state index contributed by atoms with van der Waals surface area (Å²) in [6.45, 7) is 3.01. The molecule has 0 spiro atoms. The van der Waals surface area contributed by atoms with Crippen molar-refractivity contribution >= 4 is 28.9 Å². The third-order valence-corrected chi connectivity index (χ3v) is 4.03. The van der Waals surface area contributed by atoms with E-state index in [-0.39, 0.29) is 5.91 Å². The largest absolute Gasteiger partial charge is 0.378 e. The maximum Gasteiger partial charge on any atom is 0.228 e. The number of anilines is 2. The van der Waals surface area contributed by atoms with Crippen molar-refractivity contribution in [2.45, 2.75) is 6.42 Å². The van der Waals surface area contributed by atoms with E-state index < -0.39 is 0 Å². The van der Waals surface area contributed by atoms with Crippen LogP contribution in [0, 0.1) is 0 Å². The van der Waals surface area contributed by atoms with Gasteiger partial charge in [-0.05, 0) is 23.8 Å². The number of halogens is 1. The number of hydrogen-bond donors (Lipinski definition) is 1. The van der Waals surface area contributed by atoms with Crippen LogP contribution in [-0.4, -0.2) is 32.2 Å². The highest BCUT2D eigenvalue weighted by Crippen LogP contribution is 2.30. The molecule has 1 saturated heterocycles. The first-order valence-corrected chi connectivity index (χ1v) is 8.06. The Kier molecular flexibility index (Phi) is 5.16. The number of nitrogens with one attached hydrogen (secondary N) is 1. The SMILES string of the molecule is O=C(Cc1ccccc1)Nc1cc(Cl)ccc1N1CCOCC1. The lowest BCUT2D eigenvalue weighted by Gasteiger charge is -2.30. The van der Waals surface area contributed by atoms with Gasteiger partial charge in [-0.3, -0.25) is 4.79 Å². The normalized spacial score (nSPS) is 14.6. The zero-order valence-electron chi connectivity index (χ0n) is 12.8. The third kappa shape index (κ3) is 4.24. The highest BCUT2D eigenvalue weighted by atomic mass is 35.5. The average Bonchev–Trinajstić information content (AvgIpc) is 2.56. The molecule has 4 nitrogen and oxygen atoms in total. The van der Waals surface area contributed by atoms with Crippen LogP contribution in [0.5, 0.6) is 0 Å². The molecule has 1 N–H and O–H groups in total. The maximum atomic E-state index is 12.3. The number of carbonyl (C=O) groups is 1. The molecule has 2 aromatic carbocycles. The first-order chi connectivity index (χ1) is 11.2. The number of rotatable bonds is 4. The predicted octanol–water partition coefficient (Wildman–Crippen LogP) is 3.36. The summed E-state index contributed by atoms with van der Waals surface area (Å²) < 4.78 is 5.39. The van der Waals surface area contributed by atoms with E-state index in [1.807, 2.05) is 42.5 Å². The Balaban J connectivity index is 1.75. The van der Waals surface area contributed by atoms with E-state index in [4.69, 9.17) is 16.3 Å². The lowest BCUT2D eigenvalue weighted by atomic mass is 10.1. The fourth-order valence-electron chi connectivity index (χ4n) is 2.66. The molecule has 1 aliphatic rings. The highest BCUT2D eigenvalue weighted by molar-refractivity contribution is 6.31. The Morgan fingerprint density at radius 1 is 1.13 bits per heavy atom. The molecule has 1 aliphatic heterocycles. The summed E-state index contributed by atoms with van der Waals surface area (Å²) in [5.41, 5.74) is 2.72. The molecule has 5 heteroatoms. The molecule has 0 saturated carbocycles. The van der Waals surface area contributed by atoms with Gasteiger partial charge in [0.25, 0.3) is 0 Å². The monoisotopic (exact) mass is 330 g/mol. The molecule has 2 aromatic rings. The van der Waals surface area contributed by atoms with Crippen LogP contribution in [0.1, 0.15) is 5.56 Å². The molecule has 1 fully saturated rings. The van der Waals surface area contributed by atoms with Crippen LogP contribution in [0.2, 0.25) is 5.02 Å². The van der Waals surface area contributed by atoms with Crippen LogP contribution in [0.3, 0.4) is 0 Å². The van der Waals surface area contributed by atoms with Gasteiger partial charge >= 0.3 is 0 Å². The standard InChI is InChI=1S/C18H19ClN2O2/c19-15-6-7-17(21-8-10-23-11-9-21)16(13-15)20-18(22)12-14-4-2-1-3-5-14/h1-7,13H,8-12H2,(H,20,22). The summed E-state index contributed by atoms with van der Waals surface area (Å²) in [4.78, 5) is 14.5. The van der Waals surface area contributed by atoms with Crippen LogP contribution in [0.15, 0.2) is 48.5 Å². The van der Waals surface area contributed by atoms with Crippen LogP contribution < -0.4 is 10.2 Å². The molecule has 0 bridgehead atoms. The van der Waals surface area contributed by atoms with Gasteiger partial charge in [0, 0.05) is 18.1 Å². The summed E-state index contributed by atoms with van der Waals surface area (Å²) in [5, 5.41) is 3.60. The van der Waals surface area contributed by atoms with E-state index >= 15 is 0 Å². The van der Waals surface area contributed by atoms with E-state index in [1.54, 1.807) is 6.07 Å². The van der Waals surface area contributed by atoms with Gasteiger partial charge in [-0.2, -0.15) is 0 Å². The van der Waals surface area contributed by atoms with Crippen molar-refractivity contribution in [3.63, 3.8) is 0 Å². The number of nitrogens with zero attached hydrogens (tertiary/aromatic N) is 1. The van der Waals surface area contributed by atoms with Crippen molar-refractivity contribution in [3.05, 3.63) is 59.1 Å². The van der Waals surface area contributed by atoms with E-state index in [0.717, 1.165) is 30.0 Å². The molecule has 0 aromatic heterocycles. The second kappa shape index (κ2) is 7.49. The first-order valence-electron chi connectivity index (χ1n) is 7.68. The minimum absolute atomic E-state index is 0.0482. The quantitative estimate of drug-likeness (QED) is 0.934. The van der Waals surface area contributed by atoms with Crippen LogP contribution in [0.4, 0.5) is 11.4 Å². The lowest BCUT2D eigenvalue weighted by Crippen LogP contribution is -2.36. The summed E-state index contributed by atoms with van der Waals surface area (Å²) in [7, 11) is 0. The van der Waals surface area contributed by atoms with Gasteiger partial charge < -0.3 is 15.0 Å². The van der Waals surface area contributed by atoms with E-state index in [9.17, 15) is 4.79 Å². The van der Waals surface area contributed by atoms with Gasteiger partial charge in [-0.1, -0.05) is 41.9 Å². The van der Waals surface area contributed by atoms with Crippen LogP contribution >= 0.6 is 11.6 Å². The second-order valence-electron chi connectivity index (χ2n) is 5.47. The molecular weight excluding hydrogens is 312 g/mol. The molecule has 0 aliphatic carbocycles. The number of morpholine rings is 1. The van der Waals surface area contributed by atoms with Crippen LogP contribution in [0.25, 0.3) is 0 Å². The number of amides is 1. The Labute approximate surface area is 141 Å². The van der Waals surface area contributed by atoms with Crippen molar-refractivity contribution in [1.29, 1.82) is 0 Å². The Hall–Kier alpha value is -2.04. The smallest absolute Gasteiger partial charge is 0.228 e. The molecule has 120 valence electrons. The minimum Gasteiger partial charge on any atom is -0.378 e. The van der Waals surface area contributed by atoms with E-state index in [1.165, 1.54) is 0 Å². The molecule has 3 rings (SSSR count). The Bertz CT molecular complexity index is 670. The summed E-state index contributed by atoms with van der Waals surface area (Å²) in [5.74, 6) is -0.0482. The Morgan fingerprint density at radius 3 is 2.61 bits per heavy atom. The predicted molar refractivity (Wildman–Crippen MR) is 93.3 cm³/mol. The van der Waals surface area contributed by atoms with Gasteiger partial charge in [0.1, 0.15) is 0 Å². The second-order valence-corrected chi connectivity index (χ2v) is 5.91. The van der Waals surface area contributed by atoms with Crippen molar-refractivity contribution in [2.24, 2.45) is 0 Å². The summed E-state index contributed by atoms with van der Waals surface area (Å²) >= 11 is 6.10. The number of carbonyl (C=O) groups excluding carboxylic acids is 1. The maximum absolute atomic E-state index is 12.3. The number of ether oxygens (including phenoxy) is 1. The molecule has 0 unspecified atom stereocenters. The van der Waals surface area contributed by atoms with Crippen molar-refractivity contribution < 1.29 is 9.53 Å². The zero-order valence-corrected chi connectivity index (χ0v) is 13.6. The molecular formula is C18H19ClN2O2. The number of hydrogen-bond acceptors (Lipinski definition) is 3. The summed E-state index contributed by atoms with van der Waals surface area (Å²) in [6.07, 6.45) is 0.343. The number of benzene rings is 2. The molecule has 1 amide bonds. The minimum atomic E-state index is -0.0482. The van der Waals surface area contributed by atoms with Crippen molar-refractivity contribution in [2.75, 3.05) is 36.5 Å². The molecule has 0 radical (unpaired) electrons. The zero-order chi connectivity index (χ0) is 16.1. The summed E-state index contributed by atoms with van der Waals surface area (Å²) in [6, 6.07) is 15.3. The van der Waals surface area contributed by atoms with Gasteiger partial charge in [0.2, 0.25) is 5.91 Å². The third-order valence-electron chi connectivity index (χ3n) is 3.79. The van der Waals surface area contributed by atoms with Crippen molar-refractivity contribution in [3.8, 4) is 0 Å². The van der Waals surface area contributed by atoms with Gasteiger partial charge in [-0.25, -0.2) is 0 Å².